The van der Waals surface area contributed by atoms with Gasteiger partial charge in [-0.05, 0) is 26.0 Å². The van der Waals surface area contributed by atoms with Gasteiger partial charge in [-0.2, -0.15) is 0 Å². The normalized spacial score (nSPS) is 11.1. The third-order valence-corrected chi connectivity index (χ3v) is 2.57. The van der Waals surface area contributed by atoms with Gasteiger partial charge in [0.05, 0.1) is 10.6 Å². The van der Waals surface area contributed by atoms with Crippen molar-refractivity contribution in [3.63, 3.8) is 0 Å². The minimum Gasteiger partial charge on any atom is -0.441 e. The third-order valence-electron chi connectivity index (χ3n) is 2.24. The summed E-state index contributed by atoms with van der Waals surface area (Å²) in [4.78, 5) is 4.20. The van der Waals surface area contributed by atoms with Crippen molar-refractivity contribution in [2.75, 3.05) is 0 Å². The number of halogens is 1. The number of rotatable bonds is 2. The molecule has 1 N–H and O–H groups in total. The largest absolute Gasteiger partial charge is 0.441 e. The molecule has 1 aromatic heterocycles. The maximum absolute atomic E-state index is 9.40. The van der Waals surface area contributed by atoms with E-state index in [2.05, 4.69) is 4.98 Å². The smallest absolute Gasteiger partial charge is 0.228 e. The van der Waals surface area contributed by atoms with E-state index in [1.165, 1.54) is 0 Å². The van der Waals surface area contributed by atoms with Gasteiger partial charge in [0.25, 0.3) is 0 Å². The Balaban J connectivity index is 2.50. The second-order valence-electron chi connectivity index (χ2n) is 3.49. The fourth-order valence-electron chi connectivity index (χ4n) is 1.48. The van der Waals surface area contributed by atoms with E-state index in [0.717, 1.165) is 5.56 Å². The monoisotopic (exact) mass is 236 g/mol. The molecule has 0 atom stereocenters. The fraction of sp³-hybridized carbons (Fsp3) is 0.167. The number of aliphatic hydroxyl groups excluding tert-OH is 1. The van der Waals surface area contributed by atoms with Crippen LogP contribution >= 0.6 is 11.6 Å². The molecule has 0 aliphatic rings. The first kappa shape index (κ1) is 11.2. The summed E-state index contributed by atoms with van der Waals surface area (Å²) in [5.41, 5.74) is 1.19. The zero-order valence-corrected chi connectivity index (χ0v) is 9.75. The number of hydrogen-bond acceptors (Lipinski definition) is 3. The van der Waals surface area contributed by atoms with Crippen LogP contribution in [0.5, 0.6) is 0 Å². The Hall–Kier alpha value is -1.32. The lowest BCUT2D eigenvalue weighted by Crippen LogP contribution is -1.94. The van der Waals surface area contributed by atoms with Gasteiger partial charge in [0.2, 0.25) is 5.89 Å². The van der Waals surface area contributed by atoms with Gasteiger partial charge in [0.15, 0.2) is 0 Å². The molecule has 16 heavy (non-hydrogen) atoms. The number of aromatic nitrogens is 1. The van der Waals surface area contributed by atoms with Gasteiger partial charge in [-0.15, -0.1) is 0 Å². The Morgan fingerprint density at radius 3 is 2.62 bits per heavy atom. The molecule has 83 valence electrons. The quantitative estimate of drug-likeness (QED) is 0.867. The van der Waals surface area contributed by atoms with Gasteiger partial charge in [-0.3, -0.25) is 0 Å². The van der Waals surface area contributed by atoms with Gasteiger partial charge < -0.3 is 9.52 Å². The van der Waals surface area contributed by atoms with Crippen LogP contribution in [0.1, 0.15) is 18.4 Å². The standard InChI is InChI=1S/C12H11ClNO2/c1-7(15)11-8(2)16-12(14-11)9-5-3-4-6-10(9)13/h3-6,15H,1-2H3. The summed E-state index contributed by atoms with van der Waals surface area (Å²) in [7, 11) is 0. The molecule has 0 aliphatic heterocycles. The molecule has 0 fully saturated rings. The summed E-state index contributed by atoms with van der Waals surface area (Å²) in [5, 5.41) is 9.97. The lowest BCUT2D eigenvalue weighted by atomic mass is 10.2. The van der Waals surface area contributed by atoms with E-state index in [9.17, 15) is 5.11 Å². The van der Waals surface area contributed by atoms with E-state index in [-0.39, 0.29) is 6.10 Å². The SMILES string of the molecule is C[C](O)c1nc(-c2ccccc2Cl)oc1C. The van der Waals surface area contributed by atoms with Crippen molar-refractivity contribution in [3.05, 3.63) is 46.8 Å². The highest BCUT2D eigenvalue weighted by Crippen LogP contribution is 2.29. The summed E-state index contributed by atoms with van der Waals surface area (Å²) in [6, 6.07) is 7.29. The lowest BCUT2D eigenvalue weighted by molar-refractivity contribution is 0.334. The van der Waals surface area contributed by atoms with E-state index in [4.69, 9.17) is 16.0 Å². The van der Waals surface area contributed by atoms with Crippen LogP contribution in [0.15, 0.2) is 28.7 Å². The predicted molar refractivity (Wildman–Crippen MR) is 61.6 cm³/mol. The van der Waals surface area contributed by atoms with E-state index in [1.807, 2.05) is 18.2 Å². The zero-order valence-electron chi connectivity index (χ0n) is 8.99. The summed E-state index contributed by atoms with van der Waals surface area (Å²) in [5.74, 6) is 1.00. The van der Waals surface area contributed by atoms with E-state index in [0.29, 0.717) is 22.4 Å². The van der Waals surface area contributed by atoms with Gasteiger partial charge >= 0.3 is 0 Å². The number of nitrogens with zero attached hydrogens (tertiary/aromatic N) is 1. The van der Waals surface area contributed by atoms with E-state index < -0.39 is 0 Å². The van der Waals surface area contributed by atoms with Crippen molar-refractivity contribution in [2.45, 2.75) is 13.8 Å². The molecule has 0 saturated carbocycles. The molecule has 1 heterocycles. The van der Waals surface area contributed by atoms with Crippen LogP contribution < -0.4 is 0 Å². The highest BCUT2D eigenvalue weighted by Gasteiger charge is 2.17. The summed E-state index contributed by atoms with van der Waals surface area (Å²) in [6.45, 7) is 3.32. The number of benzene rings is 1. The first-order valence-corrected chi connectivity index (χ1v) is 5.22. The minimum atomic E-state index is 0.138. The second-order valence-corrected chi connectivity index (χ2v) is 3.90. The molecule has 4 heteroatoms. The maximum Gasteiger partial charge on any atom is 0.228 e. The van der Waals surface area contributed by atoms with Gasteiger partial charge in [-0.25, -0.2) is 4.98 Å². The molecular formula is C12H11ClNO2. The predicted octanol–water partition coefficient (Wildman–Crippen LogP) is 3.58. The van der Waals surface area contributed by atoms with Crippen molar-refractivity contribution >= 4 is 11.6 Å². The van der Waals surface area contributed by atoms with Gasteiger partial charge in [0, 0.05) is 0 Å². The maximum atomic E-state index is 9.40. The zero-order chi connectivity index (χ0) is 11.7. The van der Waals surface area contributed by atoms with Crippen LogP contribution in [-0.2, 0) is 0 Å². The molecule has 0 bridgehead atoms. The Bertz CT molecular complexity index is 505. The summed E-state index contributed by atoms with van der Waals surface area (Å²) in [6.07, 6.45) is 0.138. The van der Waals surface area contributed by atoms with Crippen LogP contribution in [0.4, 0.5) is 0 Å². The first-order chi connectivity index (χ1) is 7.59. The molecule has 1 radical (unpaired) electrons. The number of hydrogen-bond donors (Lipinski definition) is 1. The molecule has 0 saturated heterocycles. The average molecular weight is 237 g/mol. The summed E-state index contributed by atoms with van der Waals surface area (Å²) >= 11 is 6.03. The topological polar surface area (TPSA) is 46.3 Å². The highest BCUT2D eigenvalue weighted by molar-refractivity contribution is 6.33. The van der Waals surface area contributed by atoms with E-state index in [1.54, 1.807) is 19.9 Å². The van der Waals surface area contributed by atoms with Crippen molar-refractivity contribution in [1.29, 1.82) is 0 Å². The molecule has 3 nitrogen and oxygen atoms in total. The number of aliphatic hydroxyl groups is 1. The van der Waals surface area contributed by atoms with Crippen LogP contribution in [0, 0.1) is 13.0 Å². The van der Waals surface area contributed by atoms with Crippen molar-refractivity contribution in [3.8, 4) is 11.5 Å². The van der Waals surface area contributed by atoms with Crippen LogP contribution in [-0.4, -0.2) is 10.1 Å². The van der Waals surface area contributed by atoms with Crippen LogP contribution in [0.3, 0.4) is 0 Å². The molecule has 2 aromatic rings. The Kier molecular flexibility index (Phi) is 2.99. The first-order valence-electron chi connectivity index (χ1n) is 4.85. The number of aryl methyl sites for hydroxylation is 1. The molecule has 0 spiro atoms. The van der Waals surface area contributed by atoms with Crippen LogP contribution in [0.25, 0.3) is 11.5 Å². The summed E-state index contributed by atoms with van der Waals surface area (Å²) < 4.78 is 5.47. The lowest BCUT2D eigenvalue weighted by Gasteiger charge is -1.97. The van der Waals surface area contributed by atoms with Gasteiger partial charge in [0.1, 0.15) is 17.6 Å². The Labute approximate surface area is 98.7 Å². The van der Waals surface area contributed by atoms with Gasteiger partial charge in [-0.1, -0.05) is 23.7 Å². The molecule has 2 rings (SSSR count). The Morgan fingerprint density at radius 2 is 2.06 bits per heavy atom. The second kappa shape index (κ2) is 4.28. The average Bonchev–Trinajstić information content (AvgIpc) is 2.61. The van der Waals surface area contributed by atoms with Crippen molar-refractivity contribution in [2.24, 2.45) is 0 Å². The number of oxazole rings is 1. The van der Waals surface area contributed by atoms with E-state index >= 15 is 0 Å². The molecule has 0 unspecified atom stereocenters. The molecule has 0 amide bonds. The fourth-order valence-corrected chi connectivity index (χ4v) is 1.70. The Morgan fingerprint density at radius 1 is 1.38 bits per heavy atom. The minimum absolute atomic E-state index is 0.138. The molecule has 0 aliphatic carbocycles. The third kappa shape index (κ3) is 1.96. The highest BCUT2D eigenvalue weighted by atomic mass is 35.5. The molecule has 1 aromatic carbocycles. The molecular weight excluding hydrogens is 226 g/mol. The van der Waals surface area contributed by atoms with Crippen LogP contribution in [0.2, 0.25) is 5.02 Å². The van der Waals surface area contributed by atoms with Crippen molar-refractivity contribution < 1.29 is 9.52 Å². The van der Waals surface area contributed by atoms with Crippen molar-refractivity contribution in [1.82, 2.24) is 4.98 Å².